The molecule has 0 aromatic heterocycles. The highest BCUT2D eigenvalue weighted by atomic mass is 35.5. The van der Waals surface area contributed by atoms with Gasteiger partial charge in [-0.15, -0.1) is 24.2 Å². The molecule has 6 heteroatoms. The van der Waals surface area contributed by atoms with Crippen LogP contribution in [0, 0.1) is 0 Å². The average molecular weight is 335 g/mol. The monoisotopic (exact) mass is 334 g/mol. The van der Waals surface area contributed by atoms with Gasteiger partial charge in [-0.25, -0.2) is 0 Å². The topological polar surface area (TPSA) is 41.1 Å². The average Bonchev–Trinajstić information content (AvgIpc) is 2.42. The van der Waals surface area contributed by atoms with Gasteiger partial charge in [-0.1, -0.05) is 23.7 Å². The Balaban J connectivity index is 0.00000200. The van der Waals surface area contributed by atoms with Gasteiger partial charge in [-0.3, -0.25) is 4.79 Å². The summed E-state index contributed by atoms with van der Waals surface area (Å²) in [6, 6.07) is 7.93. The fourth-order valence-corrected chi connectivity index (χ4v) is 3.23. The third-order valence-corrected chi connectivity index (χ3v) is 4.81. The zero-order chi connectivity index (χ0) is 13.7. The van der Waals surface area contributed by atoms with Crippen molar-refractivity contribution in [2.24, 2.45) is 0 Å². The summed E-state index contributed by atoms with van der Waals surface area (Å²) >= 11 is 7.61. The van der Waals surface area contributed by atoms with Crippen LogP contribution >= 0.6 is 35.8 Å². The van der Waals surface area contributed by atoms with Crippen LogP contribution in [0.25, 0.3) is 0 Å². The van der Waals surface area contributed by atoms with E-state index in [0.717, 1.165) is 30.8 Å². The van der Waals surface area contributed by atoms with Crippen molar-refractivity contribution in [3.8, 4) is 0 Å². The Kier molecular flexibility index (Phi) is 7.74. The Bertz CT molecular complexity index is 439. The van der Waals surface area contributed by atoms with Crippen molar-refractivity contribution in [1.82, 2.24) is 10.6 Å². The first-order valence-electron chi connectivity index (χ1n) is 6.59. The van der Waals surface area contributed by atoms with Gasteiger partial charge in [0.05, 0.1) is 10.3 Å². The van der Waals surface area contributed by atoms with Gasteiger partial charge in [-0.2, -0.15) is 0 Å². The molecule has 1 unspecified atom stereocenters. The molecule has 20 heavy (non-hydrogen) atoms. The van der Waals surface area contributed by atoms with E-state index in [4.69, 9.17) is 11.6 Å². The largest absolute Gasteiger partial charge is 0.352 e. The number of amides is 1. The number of piperidine rings is 1. The van der Waals surface area contributed by atoms with E-state index in [0.29, 0.717) is 11.1 Å². The summed E-state index contributed by atoms with van der Waals surface area (Å²) < 4.78 is 0. The van der Waals surface area contributed by atoms with Gasteiger partial charge >= 0.3 is 0 Å². The maximum atomic E-state index is 12.1. The molecule has 0 radical (unpaired) electrons. The van der Waals surface area contributed by atoms with E-state index in [1.54, 1.807) is 0 Å². The number of hydrogen-bond acceptors (Lipinski definition) is 3. The Hall–Kier alpha value is -0.420. The number of carbonyl (C=O) groups excluding carboxylic acids is 1. The van der Waals surface area contributed by atoms with Crippen molar-refractivity contribution in [1.29, 1.82) is 0 Å². The Morgan fingerprint density at radius 2 is 2.05 bits per heavy atom. The number of benzene rings is 1. The molecule has 1 aromatic rings. The molecular formula is C14H20Cl2N2OS. The number of hydrogen-bond donors (Lipinski definition) is 2. The molecule has 1 aromatic carbocycles. The number of carbonyl (C=O) groups is 1. The standard InChI is InChI=1S/C14H19ClN2OS.ClH/c1-10(19-13-5-3-2-4-12(13)15)14(18)17-11-6-8-16-9-7-11;/h2-5,10-11,16H,6-9H2,1H3,(H,17,18);1H. The molecule has 1 atom stereocenters. The van der Waals surface area contributed by atoms with Crippen molar-refractivity contribution in [2.75, 3.05) is 13.1 Å². The summed E-state index contributed by atoms with van der Waals surface area (Å²) in [5.41, 5.74) is 0. The van der Waals surface area contributed by atoms with E-state index < -0.39 is 0 Å². The fraction of sp³-hybridized carbons (Fsp3) is 0.500. The molecule has 1 aliphatic heterocycles. The van der Waals surface area contributed by atoms with Gasteiger partial charge in [0, 0.05) is 10.9 Å². The van der Waals surface area contributed by atoms with E-state index in [1.807, 2.05) is 31.2 Å². The summed E-state index contributed by atoms with van der Waals surface area (Å²) in [4.78, 5) is 13.1. The third-order valence-electron chi connectivity index (χ3n) is 3.20. The SMILES string of the molecule is CC(Sc1ccccc1Cl)C(=O)NC1CCNCC1.Cl. The second-order valence-corrected chi connectivity index (χ2v) is 6.51. The number of halogens is 2. The van der Waals surface area contributed by atoms with Crippen LogP contribution in [0.1, 0.15) is 19.8 Å². The van der Waals surface area contributed by atoms with E-state index in [9.17, 15) is 4.79 Å². The molecule has 3 nitrogen and oxygen atoms in total. The molecular weight excluding hydrogens is 315 g/mol. The lowest BCUT2D eigenvalue weighted by atomic mass is 10.1. The maximum Gasteiger partial charge on any atom is 0.233 e. The molecule has 1 aliphatic rings. The molecule has 1 amide bonds. The molecule has 0 aliphatic carbocycles. The molecule has 0 saturated carbocycles. The van der Waals surface area contributed by atoms with E-state index in [2.05, 4.69) is 10.6 Å². The van der Waals surface area contributed by atoms with Gasteiger partial charge in [0.25, 0.3) is 0 Å². The molecule has 1 fully saturated rings. The van der Waals surface area contributed by atoms with Crippen LogP contribution in [0.15, 0.2) is 29.2 Å². The van der Waals surface area contributed by atoms with E-state index in [-0.39, 0.29) is 23.6 Å². The van der Waals surface area contributed by atoms with Crippen LogP contribution < -0.4 is 10.6 Å². The fourth-order valence-electron chi connectivity index (χ4n) is 2.07. The minimum Gasteiger partial charge on any atom is -0.352 e. The van der Waals surface area contributed by atoms with Crippen molar-refractivity contribution in [3.05, 3.63) is 29.3 Å². The lowest BCUT2D eigenvalue weighted by Gasteiger charge is -2.25. The van der Waals surface area contributed by atoms with Crippen molar-refractivity contribution < 1.29 is 4.79 Å². The van der Waals surface area contributed by atoms with Crippen LogP contribution in [0.3, 0.4) is 0 Å². The Morgan fingerprint density at radius 1 is 1.40 bits per heavy atom. The highest BCUT2D eigenvalue weighted by Crippen LogP contribution is 2.30. The van der Waals surface area contributed by atoms with E-state index >= 15 is 0 Å². The van der Waals surface area contributed by atoms with Gasteiger partial charge in [0.1, 0.15) is 0 Å². The zero-order valence-electron chi connectivity index (χ0n) is 11.4. The highest BCUT2D eigenvalue weighted by Gasteiger charge is 2.20. The van der Waals surface area contributed by atoms with Gasteiger partial charge < -0.3 is 10.6 Å². The predicted molar refractivity (Wildman–Crippen MR) is 88.1 cm³/mol. The van der Waals surface area contributed by atoms with Crippen LogP contribution in [-0.2, 0) is 4.79 Å². The highest BCUT2D eigenvalue weighted by molar-refractivity contribution is 8.00. The molecule has 1 heterocycles. The van der Waals surface area contributed by atoms with Crippen molar-refractivity contribution in [2.45, 2.75) is 36.0 Å². The number of thioether (sulfide) groups is 1. The summed E-state index contributed by atoms with van der Waals surface area (Å²) in [6.45, 7) is 3.89. The van der Waals surface area contributed by atoms with Crippen LogP contribution in [0.2, 0.25) is 5.02 Å². The van der Waals surface area contributed by atoms with Gasteiger partial charge in [-0.05, 0) is 45.0 Å². The minimum absolute atomic E-state index is 0. The Morgan fingerprint density at radius 3 is 2.70 bits per heavy atom. The maximum absolute atomic E-state index is 12.1. The molecule has 1 saturated heterocycles. The lowest BCUT2D eigenvalue weighted by Crippen LogP contribution is -2.45. The van der Waals surface area contributed by atoms with Crippen molar-refractivity contribution in [3.63, 3.8) is 0 Å². The summed E-state index contributed by atoms with van der Waals surface area (Å²) in [5, 5.41) is 6.98. The third kappa shape index (κ3) is 5.17. The van der Waals surface area contributed by atoms with Crippen LogP contribution in [0.5, 0.6) is 0 Å². The van der Waals surface area contributed by atoms with Gasteiger partial charge in [0.15, 0.2) is 0 Å². The normalized spacial score (nSPS) is 17.1. The lowest BCUT2D eigenvalue weighted by molar-refractivity contribution is -0.121. The molecule has 2 N–H and O–H groups in total. The van der Waals surface area contributed by atoms with Crippen molar-refractivity contribution >= 4 is 41.7 Å². The quantitative estimate of drug-likeness (QED) is 0.831. The smallest absolute Gasteiger partial charge is 0.233 e. The number of nitrogens with one attached hydrogen (secondary N) is 2. The first kappa shape index (κ1) is 17.6. The zero-order valence-corrected chi connectivity index (χ0v) is 13.8. The molecule has 0 bridgehead atoms. The van der Waals surface area contributed by atoms with E-state index in [1.165, 1.54) is 11.8 Å². The first-order valence-corrected chi connectivity index (χ1v) is 7.85. The first-order chi connectivity index (χ1) is 9.16. The predicted octanol–water partition coefficient (Wildman–Crippen LogP) is 3.11. The Labute approximate surface area is 135 Å². The molecule has 112 valence electrons. The molecule has 0 spiro atoms. The minimum atomic E-state index is -0.130. The summed E-state index contributed by atoms with van der Waals surface area (Å²) in [7, 11) is 0. The van der Waals surface area contributed by atoms with Gasteiger partial charge in [0.2, 0.25) is 5.91 Å². The number of rotatable bonds is 4. The van der Waals surface area contributed by atoms with Crippen LogP contribution in [0.4, 0.5) is 0 Å². The second-order valence-electron chi connectivity index (χ2n) is 4.72. The summed E-state index contributed by atoms with van der Waals surface area (Å²) in [6.07, 6.45) is 2.02. The summed E-state index contributed by atoms with van der Waals surface area (Å²) in [5.74, 6) is 0.0943. The van der Waals surface area contributed by atoms with Crippen LogP contribution in [-0.4, -0.2) is 30.3 Å². The molecule has 2 rings (SSSR count). The second kappa shape index (κ2) is 8.78.